The Labute approximate surface area is 125 Å². The van der Waals surface area contributed by atoms with E-state index in [1.165, 1.54) is 0 Å². The van der Waals surface area contributed by atoms with Gasteiger partial charge in [0.2, 0.25) is 9.82 Å². The molecule has 0 spiro atoms. The second-order valence-electron chi connectivity index (χ2n) is 4.41. The molecular weight excluding hydrogens is 312 g/mol. The normalized spacial score (nSPS) is 20.9. The largest absolute Gasteiger partial charge is 0.355 e. The Morgan fingerprint density at radius 2 is 2.14 bits per heavy atom. The minimum atomic E-state index is -4.32. The molecule has 0 aliphatic carbocycles. The summed E-state index contributed by atoms with van der Waals surface area (Å²) in [6.07, 6.45) is 3.24. The molecule has 1 aromatic carbocycles. The van der Waals surface area contributed by atoms with E-state index in [1.54, 1.807) is 18.3 Å². The van der Waals surface area contributed by atoms with Crippen LogP contribution in [0.15, 0.2) is 42.2 Å². The van der Waals surface area contributed by atoms with Crippen molar-refractivity contribution in [1.82, 2.24) is 10.3 Å². The summed E-state index contributed by atoms with van der Waals surface area (Å²) in [6, 6.07) is 9.14. The first kappa shape index (κ1) is 14.1. The molecule has 1 aliphatic heterocycles. The van der Waals surface area contributed by atoms with E-state index in [-0.39, 0.29) is 5.70 Å². The Morgan fingerprint density at radius 1 is 1.33 bits per heavy atom. The third kappa shape index (κ3) is 2.92. The average molecular weight is 322 g/mol. The molecule has 1 unspecified atom stereocenters. The summed E-state index contributed by atoms with van der Waals surface area (Å²) >= 11 is 0.535. The van der Waals surface area contributed by atoms with Gasteiger partial charge in [-0.2, -0.15) is 8.42 Å². The SMILES string of the molecule is O=C1SC(S(=O)(=O)O)NC1=Cc1ccc2ncccc2c1. The Balaban J connectivity index is 1.95. The minimum Gasteiger partial charge on any atom is -0.355 e. The highest BCUT2D eigenvalue weighted by atomic mass is 32.3. The van der Waals surface area contributed by atoms with E-state index in [9.17, 15) is 13.2 Å². The van der Waals surface area contributed by atoms with Crippen LogP contribution in [0.25, 0.3) is 17.0 Å². The van der Waals surface area contributed by atoms with Gasteiger partial charge in [0.1, 0.15) is 0 Å². The van der Waals surface area contributed by atoms with Crippen LogP contribution in [-0.4, -0.2) is 27.8 Å². The summed E-state index contributed by atoms with van der Waals surface area (Å²) in [5, 5.41) is 2.98. The predicted molar refractivity (Wildman–Crippen MR) is 80.8 cm³/mol. The van der Waals surface area contributed by atoms with Gasteiger partial charge in [0.25, 0.3) is 10.1 Å². The number of benzene rings is 1. The van der Waals surface area contributed by atoms with E-state index in [2.05, 4.69) is 10.3 Å². The summed E-state index contributed by atoms with van der Waals surface area (Å²) in [4.78, 5) is 15.9. The first-order valence-corrected chi connectivity index (χ1v) is 8.32. The molecule has 2 heterocycles. The number of aromatic nitrogens is 1. The van der Waals surface area contributed by atoms with Crippen molar-refractivity contribution >= 4 is 44.0 Å². The molecule has 0 amide bonds. The molecule has 0 saturated carbocycles. The number of nitrogens with one attached hydrogen (secondary N) is 1. The smallest absolute Gasteiger partial charge is 0.296 e. The Morgan fingerprint density at radius 3 is 2.86 bits per heavy atom. The molecule has 1 aliphatic rings. The van der Waals surface area contributed by atoms with E-state index in [0.717, 1.165) is 16.5 Å². The number of hydrogen-bond acceptors (Lipinski definition) is 6. The zero-order chi connectivity index (χ0) is 15.0. The minimum absolute atomic E-state index is 0.144. The van der Waals surface area contributed by atoms with Gasteiger partial charge >= 0.3 is 0 Å². The second-order valence-corrected chi connectivity index (χ2v) is 7.29. The highest BCUT2D eigenvalue weighted by molar-refractivity contribution is 8.22. The third-order valence-corrected chi connectivity index (χ3v) is 5.36. The molecule has 1 atom stereocenters. The van der Waals surface area contributed by atoms with Crippen molar-refractivity contribution in [3.8, 4) is 0 Å². The molecule has 0 radical (unpaired) electrons. The number of hydrogen-bond donors (Lipinski definition) is 2. The van der Waals surface area contributed by atoms with Crippen LogP contribution in [-0.2, 0) is 14.9 Å². The molecule has 108 valence electrons. The molecule has 1 aromatic heterocycles. The lowest BCUT2D eigenvalue weighted by atomic mass is 10.1. The van der Waals surface area contributed by atoms with Gasteiger partial charge in [-0.15, -0.1) is 0 Å². The van der Waals surface area contributed by atoms with Crippen LogP contribution in [0.5, 0.6) is 0 Å². The molecule has 6 nitrogen and oxygen atoms in total. The molecule has 21 heavy (non-hydrogen) atoms. The maximum Gasteiger partial charge on any atom is 0.296 e. The summed E-state index contributed by atoms with van der Waals surface area (Å²) in [5.74, 6) is 0. The van der Waals surface area contributed by atoms with Crippen LogP contribution in [0, 0.1) is 0 Å². The summed E-state index contributed by atoms with van der Waals surface area (Å²) < 4.78 is 29.7. The van der Waals surface area contributed by atoms with Crippen LogP contribution in [0.2, 0.25) is 0 Å². The molecule has 2 N–H and O–H groups in total. The van der Waals surface area contributed by atoms with Crippen molar-refractivity contribution in [2.45, 2.75) is 4.71 Å². The number of thioether (sulfide) groups is 1. The van der Waals surface area contributed by atoms with Crippen LogP contribution in [0.4, 0.5) is 0 Å². The zero-order valence-corrected chi connectivity index (χ0v) is 12.2. The van der Waals surface area contributed by atoms with E-state index in [1.807, 2.05) is 24.3 Å². The summed E-state index contributed by atoms with van der Waals surface area (Å²) in [7, 11) is -4.32. The van der Waals surface area contributed by atoms with Crippen molar-refractivity contribution in [1.29, 1.82) is 0 Å². The average Bonchev–Trinajstić information content (AvgIpc) is 2.80. The Kier molecular flexibility index (Phi) is 3.44. The van der Waals surface area contributed by atoms with Crippen LogP contribution in [0.1, 0.15) is 5.56 Å². The molecule has 1 saturated heterocycles. The van der Waals surface area contributed by atoms with Gasteiger partial charge in [0, 0.05) is 11.6 Å². The van der Waals surface area contributed by atoms with Gasteiger partial charge in [-0.05, 0) is 41.6 Å². The number of rotatable bonds is 2. The second kappa shape index (κ2) is 5.14. The lowest BCUT2D eigenvalue weighted by molar-refractivity contribution is -0.107. The van der Waals surface area contributed by atoms with E-state index < -0.39 is 19.9 Å². The highest BCUT2D eigenvalue weighted by Crippen LogP contribution is 2.28. The fraction of sp³-hybridized carbons (Fsp3) is 0.0769. The number of nitrogens with zero attached hydrogens (tertiary/aromatic N) is 1. The van der Waals surface area contributed by atoms with Crippen LogP contribution < -0.4 is 5.32 Å². The molecule has 0 bridgehead atoms. The lowest BCUT2D eigenvalue weighted by Crippen LogP contribution is -2.27. The molecular formula is C13H10N2O4S2. The number of pyridine rings is 1. The molecule has 1 fully saturated rings. The predicted octanol–water partition coefficient (Wildman–Crippen LogP) is 1.61. The van der Waals surface area contributed by atoms with Crippen molar-refractivity contribution in [3.63, 3.8) is 0 Å². The maximum atomic E-state index is 11.7. The van der Waals surface area contributed by atoms with Gasteiger partial charge in [-0.25, -0.2) is 0 Å². The van der Waals surface area contributed by atoms with Crippen molar-refractivity contribution in [2.75, 3.05) is 0 Å². The summed E-state index contributed by atoms with van der Waals surface area (Å²) in [6.45, 7) is 0. The van der Waals surface area contributed by atoms with E-state index >= 15 is 0 Å². The molecule has 2 aromatic rings. The fourth-order valence-electron chi connectivity index (χ4n) is 1.96. The monoisotopic (exact) mass is 322 g/mol. The molecule has 8 heteroatoms. The Bertz CT molecular complexity index is 861. The van der Waals surface area contributed by atoms with Gasteiger partial charge in [-0.1, -0.05) is 12.1 Å². The van der Waals surface area contributed by atoms with E-state index in [4.69, 9.17) is 4.55 Å². The van der Waals surface area contributed by atoms with Crippen molar-refractivity contribution in [3.05, 3.63) is 47.8 Å². The van der Waals surface area contributed by atoms with E-state index in [0.29, 0.717) is 11.8 Å². The zero-order valence-electron chi connectivity index (χ0n) is 10.6. The highest BCUT2D eigenvalue weighted by Gasteiger charge is 2.35. The number of carbonyl (C=O) groups excluding carboxylic acids is 1. The van der Waals surface area contributed by atoms with Gasteiger partial charge in [-0.3, -0.25) is 14.3 Å². The third-order valence-electron chi connectivity index (χ3n) is 2.92. The lowest BCUT2D eigenvalue weighted by Gasteiger charge is -2.04. The van der Waals surface area contributed by atoms with Gasteiger partial charge in [0.05, 0.1) is 11.2 Å². The Hall–Kier alpha value is -1.90. The topological polar surface area (TPSA) is 96.4 Å². The first-order chi connectivity index (χ1) is 9.93. The fourth-order valence-corrected chi connectivity index (χ4v) is 3.61. The van der Waals surface area contributed by atoms with Crippen LogP contribution in [0.3, 0.4) is 0 Å². The number of fused-ring (bicyclic) bond motifs is 1. The van der Waals surface area contributed by atoms with Crippen LogP contribution >= 0.6 is 11.8 Å². The van der Waals surface area contributed by atoms with Crippen molar-refractivity contribution in [2.24, 2.45) is 0 Å². The quantitative estimate of drug-likeness (QED) is 0.640. The number of carbonyl (C=O) groups is 1. The standard InChI is InChI=1S/C13H10N2O4S2/c16-12-11(15-13(20-12)21(17,18)19)7-8-3-4-10-9(6-8)2-1-5-14-10/h1-7,13,15H,(H,17,18,19). The summed E-state index contributed by atoms with van der Waals surface area (Å²) in [5.41, 5.74) is 1.71. The van der Waals surface area contributed by atoms with Gasteiger partial charge in [0.15, 0.2) is 0 Å². The first-order valence-electron chi connectivity index (χ1n) is 5.94. The van der Waals surface area contributed by atoms with Gasteiger partial charge < -0.3 is 5.32 Å². The molecule has 3 rings (SSSR count). The maximum absolute atomic E-state index is 11.7. The van der Waals surface area contributed by atoms with Crippen molar-refractivity contribution < 1.29 is 17.8 Å².